The molecule has 0 unspecified atom stereocenters. The van der Waals surface area contributed by atoms with Crippen LogP contribution in [-0.2, 0) is 19.1 Å². The van der Waals surface area contributed by atoms with Gasteiger partial charge in [-0.25, -0.2) is 9.78 Å². The zero-order valence-electron chi connectivity index (χ0n) is 15.7. The lowest BCUT2D eigenvalue weighted by Gasteiger charge is -2.32. The summed E-state index contributed by atoms with van der Waals surface area (Å²) in [6.45, 7) is 0.0178. The van der Waals surface area contributed by atoms with Crippen molar-refractivity contribution in [1.82, 2.24) is 9.88 Å². The van der Waals surface area contributed by atoms with E-state index in [1.807, 2.05) is 0 Å². The fourth-order valence-electron chi connectivity index (χ4n) is 3.12. The molecule has 3 rings (SSSR count). The smallest absolute Gasteiger partial charge is 0.416 e. The fourth-order valence-corrected chi connectivity index (χ4v) is 3.79. The molecule has 2 N–H and O–H groups in total. The van der Waals surface area contributed by atoms with Crippen LogP contribution in [0, 0.1) is 0 Å². The maximum atomic E-state index is 12.8. The van der Waals surface area contributed by atoms with Gasteiger partial charge in [-0.1, -0.05) is 42.5 Å². The SMILES string of the molecule is O=C(O)N(Cc1ccccc1)[C@@H](Cc1ccc(C(F)(F)F)cc1)[C@H](O)c1nccs1. The number of carboxylic acid groups (broad SMARTS) is 1. The number of benzene rings is 2. The van der Waals surface area contributed by atoms with Crippen LogP contribution in [0.15, 0.2) is 66.2 Å². The predicted molar refractivity (Wildman–Crippen MR) is 106 cm³/mol. The first-order valence-corrected chi connectivity index (χ1v) is 9.90. The van der Waals surface area contributed by atoms with Gasteiger partial charge >= 0.3 is 12.3 Å². The Morgan fingerprint density at radius 1 is 1.07 bits per heavy atom. The average Bonchev–Trinajstić information content (AvgIpc) is 3.25. The van der Waals surface area contributed by atoms with E-state index in [2.05, 4.69) is 4.98 Å². The molecule has 1 heterocycles. The predicted octanol–water partition coefficient (Wildman–Crippen LogP) is 4.99. The van der Waals surface area contributed by atoms with E-state index in [0.717, 1.165) is 22.6 Å². The topological polar surface area (TPSA) is 73.7 Å². The van der Waals surface area contributed by atoms with Crippen molar-refractivity contribution in [2.75, 3.05) is 0 Å². The number of thiazole rings is 1. The Morgan fingerprint density at radius 2 is 1.73 bits per heavy atom. The van der Waals surface area contributed by atoms with E-state index in [1.54, 1.807) is 35.7 Å². The molecule has 0 spiro atoms. The van der Waals surface area contributed by atoms with Gasteiger partial charge < -0.3 is 10.2 Å². The van der Waals surface area contributed by atoms with Crippen molar-refractivity contribution in [3.63, 3.8) is 0 Å². The molecule has 0 aliphatic heterocycles. The molecule has 0 saturated heterocycles. The van der Waals surface area contributed by atoms with Crippen LogP contribution in [0.2, 0.25) is 0 Å². The summed E-state index contributed by atoms with van der Waals surface area (Å²) in [5.41, 5.74) is 0.411. The molecule has 158 valence electrons. The number of carbonyl (C=O) groups is 1. The summed E-state index contributed by atoms with van der Waals surface area (Å²) in [6, 6.07) is 12.4. The van der Waals surface area contributed by atoms with Crippen molar-refractivity contribution >= 4 is 17.4 Å². The Hall–Kier alpha value is -2.91. The number of rotatable bonds is 7. The van der Waals surface area contributed by atoms with Crippen LogP contribution in [-0.4, -0.2) is 32.2 Å². The van der Waals surface area contributed by atoms with Crippen molar-refractivity contribution in [3.05, 3.63) is 87.9 Å². The second-order valence-corrected chi connectivity index (χ2v) is 7.60. The van der Waals surface area contributed by atoms with Crippen LogP contribution >= 0.6 is 11.3 Å². The van der Waals surface area contributed by atoms with Gasteiger partial charge in [0, 0.05) is 18.1 Å². The van der Waals surface area contributed by atoms with Gasteiger partial charge in [0.15, 0.2) is 0 Å². The number of amides is 1. The number of alkyl halides is 3. The number of hydrogen-bond acceptors (Lipinski definition) is 4. The molecule has 9 heteroatoms. The zero-order valence-corrected chi connectivity index (χ0v) is 16.5. The number of aliphatic hydroxyl groups is 1. The summed E-state index contributed by atoms with van der Waals surface area (Å²) in [5.74, 6) is 0. The van der Waals surface area contributed by atoms with Gasteiger partial charge in [0.1, 0.15) is 11.1 Å². The maximum absolute atomic E-state index is 12.8. The van der Waals surface area contributed by atoms with Crippen LogP contribution < -0.4 is 0 Å². The van der Waals surface area contributed by atoms with Crippen molar-refractivity contribution in [2.45, 2.75) is 31.3 Å². The number of aliphatic hydroxyl groups excluding tert-OH is 1. The van der Waals surface area contributed by atoms with E-state index in [1.165, 1.54) is 29.7 Å². The first-order chi connectivity index (χ1) is 14.3. The Labute approximate surface area is 175 Å². The highest BCUT2D eigenvalue weighted by Gasteiger charge is 2.33. The third-order valence-corrected chi connectivity index (χ3v) is 5.48. The van der Waals surface area contributed by atoms with Gasteiger partial charge in [0.05, 0.1) is 11.6 Å². The Morgan fingerprint density at radius 3 is 2.27 bits per heavy atom. The van der Waals surface area contributed by atoms with Crippen LogP contribution in [0.1, 0.15) is 27.8 Å². The molecule has 0 bridgehead atoms. The zero-order chi connectivity index (χ0) is 21.7. The quantitative estimate of drug-likeness (QED) is 0.548. The molecule has 5 nitrogen and oxygen atoms in total. The highest BCUT2D eigenvalue weighted by atomic mass is 32.1. The number of nitrogens with zero attached hydrogens (tertiary/aromatic N) is 2. The highest BCUT2D eigenvalue weighted by molar-refractivity contribution is 7.09. The fraction of sp³-hybridized carbons (Fsp3) is 0.238. The molecular formula is C21H19F3N2O3S. The van der Waals surface area contributed by atoms with Crippen molar-refractivity contribution in [1.29, 1.82) is 0 Å². The third-order valence-electron chi connectivity index (χ3n) is 4.64. The Kier molecular flexibility index (Phi) is 6.73. The molecule has 0 aliphatic rings. The first kappa shape index (κ1) is 21.8. The summed E-state index contributed by atoms with van der Waals surface area (Å²) in [7, 11) is 0. The molecule has 30 heavy (non-hydrogen) atoms. The summed E-state index contributed by atoms with van der Waals surface area (Å²) in [5, 5.41) is 22.7. The second kappa shape index (κ2) is 9.27. The van der Waals surface area contributed by atoms with Crippen LogP contribution in [0.4, 0.5) is 18.0 Å². The molecule has 3 aromatic rings. The van der Waals surface area contributed by atoms with Crippen molar-refractivity contribution < 1.29 is 28.2 Å². The summed E-state index contributed by atoms with van der Waals surface area (Å²) in [4.78, 5) is 17.2. The van der Waals surface area contributed by atoms with E-state index in [0.29, 0.717) is 10.6 Å². The molecule has 0 saturated carbocycles. The summed E-state index contributed by atoms with van der Waals surface area (Å²) < 4.78 is 38.5. The van der Waals surface area contributed by atoms with Gasteiger partial charge in [-0.15, -0.1) is 11.3 Å². The van der Waals surface area contributed by atoms with Gasteiger partial charge in [0.25, 0.3) is 0 Å². The first-order valence-electron chi connectivity index (χ1n) is 9.03. The van der Waals surface area contributed by atoms with Gasteiger partial charge in [-0.2, -0.15) is 13.2 Å². The normalized spacial score (nSPS) is 13.6. The molecule has 0 radical (unpaired) electrons. The summed E-state index contributed by atoms with van der Waals surface area (Å²) in [6.07, 6.45) is -5.41. The van der Waals surface area contributed by atoms with Crippen LogP contribution in [0.25, 0.3) is 0 Å². The van der Waals surface area contributed by atoms with E-state index in [-0.39, 0.29) is 13.0 Å². The van der Waals surface area contributed by atoms with E-state index in [4.69, 9.17) is 0 Å². The number of hydrogen-bond donors (Lipinski definition) is 2. The Bertz CT molecular complexity index is 948. The minimum atomic E-state index is -4.46. The maximum Gasteiger partial charge on any atom is 0.416 e. The average molecular weight is 436 g/mol. The minimum Gasteiger partial charge on any atom is -0.465 e. The number of halogens is 3. The van der Waals surface area contributed by atoms with Gasteiger partial charge in [-0.05, 0) is 29.7 Å². The molecule has 1 amide bonds. The lowest BCUT2D eigenvalue weighted by molar-refractivity contribution is -0.137. The third kappa shape index (κ3) is 5.37. The Balaban J connectivity index is 1.91. The lowest BCUT2D eigenvalue weighted by Crippen LogP contribution is -2.44. The van der Waals surface area contributed by atoms with E-state index < -0.39 is 30.0 Å². The second-order valence-electron chi connectivity index (χ2n) is 6.68. The van der Waals surface area contributed by atoms with Gasteiger partial charge in [-0.3, -0.25) is 4.90 Å². The minimum absolute atomic E-state index is 0.0178. The van der Waals surface area contributed by atoms with Crippen molar-refractivity contribution in [3.8, 4) is 0 Å². The van der Waals surface area contributed by atoms with Crippen LogP contribution in [0.3, 0.4) is 0 Å². The molecule has 0 fully saturated rings. The molecule has 2 atom stereocenters. The molecular weight excluding hydrogens is 417 g/mol. The van der Waals surface area contributed by atoms with Crippen LogP contribution in [0.5, 0.6) is 0 Å². The largest absolute Gasteiger partial charge is 0.465 e. The van der Waals surface area contributed by atoms with Crippen molar-refractivity contribution in [2.24, 2.45) is 0 Å². The lowest BCUT2D eigenvalue weighted by atomic mass is 9.98. The standard InChI is InChI=1S/C21H19F3N2O3S/c22-21(23,24)16-8-6-14(7-9-16)12-17(18(27)19-25-10-11-30-19)26(20(28)29)13-15-4-2-1-3-5-15/h1-11,17-18,27H,12-13H2,(H,28,29)/t17-,18-/m0/s1. The van der Waals surface area contributed by atoms with Gasteiger partial charge in [0.2, 0.25) is 0 Å². The molecule has 1 aromatic heterocycles. The van der Waals surface area contributed by atoms with E-state index in [9.17, 15) is 28.2 Å². The summed E-state index contributed by atoms with van der Waals surface area (Å²) >= 11 is 1.18. The molecule has 2 aromatic carbocycles. The highest BCUT2D eigenvalue weighted by Crippen LogP contribution is 2.31. The molecule has 0 aliphatic carbocycles. The van der Waals surface area contributed by atoms with E-state index >= 15 is 0 Å². The number of aromatic nitrogens is 1. The monoisotopic (exact) mass is 436 g/mol.